The van der Waals surface area contributed by atoms with Crippen LogP contribution in [0.25, 0.3) is 0 Å². The van der Waals surface area contributed by atoms with Crippen molar-refractivity contribution in [3.63, 3.8) is 0 Å². The van der Waals surface area contributed by atoms with E-state index < -0.39 is 17.2 Å². The lowest BCUT2D eigenvalue weighted by Crippen LogP contribution is -2.63. The fourth-order valence-electron chi connectivity index (χ4n) is 5.02. The van der Waals surface area contributed by atoms with Crippen LogP contribution in [-0.4, -0.2) is 17.2 Å². The highest BCUT2D eigenvalue weighted by Crippen LogP contribution is 2.08. The summed E-state index contributed by atoms with van der Waals surface area (Å²) >= 11 is 0. The number of benzene rings is 6. The molecule has 6 aromatic rings. The Morgan fingerprint density at radius 3 is 0.744 bits per heavy atom. The van der Waals surface area contributed by atoms with Crippen LogP contribution in [-0.2, 0) is 0 Å². The van der Waals surface area contributed by atoms with Crippen LogP contribution in [0.15, 0.2) is 182 Å². The van der Waals surface area contributed by atoms with Gasteiger partial charge in [-0.2, -0.15) is 0 Å². The fourth-order valence-corrected chi connectivity index (χ4v) is 10.9. The third-order valence-corrected chi connectivity index (χ3v) is 13.5. The minimum atomic E-state index is -3.38. The topological polar surface area (TPSA) is 0 Å². The molecule has 6 rings (SSSR count). The van der Waals surface area contributed by atoms with Gasteiger partial charge in [-0.25, -0.2) is 0 Å². The second-order valence-corrected chi connectivity index (χ2v) is 15.3. The van der Waals surface area contributed by atoms with Crippen molar-refractivity contribution < 1.29 is 4.11 Å². The standard InChI is InChI=1S/C18H15FSi.C18H16Si/c19-20(16-10-4-1-5-11-16,17-12-6-2-7-13-17)18-14-8-3-9-15-18;1-4-10-16(11-5-1)19(17-12-6-2-7-13-17)18-14-8-3-9-15-18/h1-15H;1-15,19H. The van der Waals surface area contributed by atoms with E-state index in [0.29, 0.717) is 0 Å². The molecule has 0 N–H and O–H groups in total. The Balaban J connectivity index is 0.000000158. The Kier molecular flexibility index (Phi) is 8.74. The molecule has 0 aliphatic carbocycles. The Bertz CT molecular complexity index is 1340. The van der Waals surface area contributed by atoms with Crippen molar-refractivity contribution in [3.05, 3.63) is 182 Å². The monoisotopic (exact) mass is 538 g/mol. The van der Waals surface area contributed by atoms with Gasteiger partial charge >= 0.3 is 8.41 Å². The predicted octanol–water partition coefficient (Wildman–Crippen LogP) is 4.56. The molecule has 0 saturated heterocycles. The number of hydrogen-bond acceptors (Lipinski definition) is 0. The molecular weight excluding hydrogens is 508 g/mol. The summed E-state index contributed by atoms with van der Waals surface area (Å²) in [7, 11) is -4.69. The van der Waals surface area contributed by atoms with E-state index >= 15 is 4.11 Å². The van der Waals surface area contributed by atoms with E-state index in [0.717, 1.165) is 15.6 Å². The van der Waals surface area contributed by atoms with Crippen molar-refractivity contribution in [3.8, 4) is 0 Å². The Labute approximate surface area is 233 Å². The van der Waals surface area contributed by atoms with Gasteiger partial charge in [0.1, 0.15) is 8.80 Å². The molecule has 39 heavy (non-hydrogen) atoms. The fraction of sp³-hybridized carbons (Fsp3) is 0. The lowest BCUT2D eigenvalue weighted by Gasteiger charge is -2.24. The van der Waals surface area contributed by atoms with Gasteiger partial charge in [0.2, 0.25) is 0 Å². The average molecular weight is 539 g/mol. The van der Waals surface area contributed by atoms with Crippen molar-refractivity contribution in [1.29, 1.82) is 0 Å². The molecular formula is C36H31FSi2. The minimum absolute atomic E-state index is 0.789. The molecule has 0 nitrogen and oxygen atoms in total. The minimum Gasteiger partial charge on any atom is -0.296 e. The van der Waals surface area contributed by atoms with E-state index in [-0.39, 0.29) is 0 Å². The number of rotatable bonds is 6. The smallest absolute Gasteiger partial charge is 0.296 e. The highest BCUT2D eigenvalue weighted by molar-refractivity contribution is 7.06. The van der Waals surface area contributed by atoms with Crippen LogP contribution in [0, 0.1) is 0 Å². The quantitative estimate of drug-likeness (QED) is 0.166. The first-order valence-electron chi connectivity index (χ1n) is 13.3. The van der Waals surface area contributed by atoms with Gasteiger partial charge in [0.25, 0.3) is 0 Å². The number of halogens is 1. The maximum absolute atomic E-state index is 16.1. The average Bonchev–Trinajstić information content (AvgIpc) is 3.04. The zero-order chi connectivity index (χ0) is 26.8. The molecule has 0 amide bonds. The van der Waals surface area contributed by atoms with Crippen LogP contribution < -0.4 is 31.1 Å². The predicted molar refractivity (Wildman–Crippen MR) is 170 cm³/mol. The molecule has 0 spiro atoms. The summed E-state index contributed by atoms with van der Waals surface area (Å²) in [6.07, 6.45) is 0. The summed E-state index contributed by atoms with van der Waals surface area (Å²) in [5.41, 5.74) is 0. The zero-order valence-electron chi connectivity index (χ0n) is 21.8. The molecule has 0 fully saturated rings. The summed E-state index contributed by atoms with van der Waals surface area (Å²) in [6, 6.07) is 61.2. The van der Waals surface area contributed by atoms with Crippen molar-refractivity contribution in [2.45, 2.75) is 0 Å². The molecule has 0 bridgehead atoms. The number of hydrogen-bond donors (Lipinski definition) is 0. The zero-order valence-corrected chi connectivity index (χ0v) is 23.9. The van der Waals surface area contributed by atoms with Crippen molar-refractivity contribution in [2.75, 3.05) is 0 Å². The van der Waals surface area contributed by atoms with Gasteiger partial charge in [-0.3, -0.25) is 4.11 Å². The molecule has 6 aromatic carbocycles. The van der Waals surface area contributed by atoms with Crippen LogP contribution in [0.2, 0.25) is 0 Å². The van der Waals surface area contributed by atoms with E-state index in [1.165, 1.54) is 15.6 Å². The van der Waals surface area contributed by atoms with Crippen LogP contribution in [0.3, 0.4) is 0 Å². The van der Waals surface area contributed by atoms with Gasteiger partial charge < -0.3 is 0 Å². The lowest BCUT2D eigenvalue weighted by molar-refractivity contribution is 0.842. The van der Waals surface area contributed by atoms with Gasteiger partial charge in [-0.05, 0) is 15.6 Å². The first-order valence-corrected chi connectivity index (χ1v) is 16.9. The highest BCUT2D eigenvalue weighted by Gasteiger charge is 2.40. The van der Waals surface area contributed by atoms with Crippen LogP contribution in [0.4, 0.5) is 4.11 Å². The van der Waals surface area contributed by atoms with E-state index in [1.54, 1.807) is 0 Å². The molecule has 0 unspecified atom stereocenters. The summed E-state index contributed by atoms with van der Waals surface area (Å²) in [5.74, 6) is 0. The van der Waals surface area contributed by atoms with Crippen molar-refractivity contribution in [2.24, 2.45) is 0 Å². The summed E-state index contributed by atoms with van der Waals surface area (Å²) in [5, 5.41) is 6.78. The second kappa shape index (κ2) is 13.0. The Morgan fingerprint density at radius 1 is 0.308 bits per heavy atom. The first kappa shape index (κ1) is 26.3. The van der Waals surface area contributed by atoms with Crippen molar-refractivity contribution in [1.82, 2.24) is 0 Å². The van der Waals surface area contributed by atoms with E-state index in [4.69, 9.17) is 0 Å². The van der Waals surface area contributed by atoms with Crippen LogP contribution in [0.1, 0.15) is 0 Å². The highest BCUT2D eigenvalue weighted by atomic mass is 28.4. The molecule has 3 heteroatoms. The maximum Gasteiger partial charge on any atom is 0.339 e. The largest absolute Gasteiger partial charge is 0.339 e. The van der Waals surface area contributed by atoms with E-state index in [9.17, 15) is 0 Å². The SMILES string of the molecule is F[Si](c1ccccc1)(c1ccccc1)c1ccccc1.c1ccc([SiH](c2ccccc2)c2ccccc2)cc1. The summed E-state index contributed by atoms with van der Waals surface area (Å²) in [6.45, 7) is 0. The molecule has 0 heterocycles. The Hall–Kier alpha value is -4.32. The lowest BCUT2D eigenvalue weighted by atomic mass is 10.3. The molecule has 0 aliphatic heterocycles. The maximum atomic E-state index is 16.1. The third-order valence-electron chi connectivity index (χ3n) is 6.91. The molecule has 0 atom stereocenters. The molecule has 190 valence electrons. The summed E-state index contributed by atoms with van der Waals surface area (Å²) in [4.78, 5) is 0. The van der Waals surface area contributed by atoms with Gasteiger partial charge in [-0.15, -0.1) is 0 Å². The normalized spacial score (nSPS) is 10.9. The molecule has 0 radical (unpaired) electrons. The Morgan fingerprint density at radius 2 is 0.513 bits per heavy atom. The van der Waals surface area contributed by atoms with Crippen LogP contribution >= 0.6 is 0 Å². The second-order valence-electron chi connectivity index (χ2n) is 9.42. The molecule has 0 aliphatic rings. The van der Waals surface area contributed by atoms with E-state index in [2.05, 4.69) is 91.0 Å². The molecule has 0 saturated carbocycles. The van der Waals surface area contributed by atoms with Crippen LogP contribution in [0.5, 0.6) is 0 Å². The van der Waals surface area contributed by atoms with Crippen molar-refractivity contribution >= 4 is 48.3 Å². The molecule has 0 aromatic heterocycles. The van der Waals surface area contributed by atoms with Gasteiger partial charge in [0.15, 0.2) is 0 Å². The third kappa shape index (κ3) is 6.23. The van der Waals surface area contributed by atoms with Gasteiger partial charge in [0.05, 0.1) is 0 Å². The van der Waals surface area contributed by atoms with Gasteiger partial charge in [-0.1, -0.05) is 198 Å². The first-order chi connectivity index (χ1) is 19.3. The van der Waals surface area contributed by atoms with E-state index in [1.807, 2.05) is 91.0 Å². The van der Waals surface area contributed by atoms with Gasteiger partial charge in [0, 0.05) is 0 Å². The summed E-state index contributed by atoms with van der Waals surface area (Å²) < 4.78 is 16.1.